The number of hydrogen-bond acceptors (Lipinski definition) is 2. The van der Waals surface area contributed by atoms with Crippen molar-refractivity contribution in [3.05, 3.63) is 35.4 Å². The first kappa shape index (κ1) is 13.6. The third-order valence-corrected chi connectivity index (χ3v) is 4.11. The maximum Gasteiger partial charge on any atom is 0.0809 e. The molecule has 0 saturated carbocycles. The maximum absolute atomic E-state index is 6.06. The van der Waals surface area contributed by atoms with E-state index < -0.39 is 0 Å². The van der Waals surface area contributed by atoms with Crippen LogP contribution in [-0.4, -0.2) is 25.3 Å². The molecule has 2 nitrogen and oxygen atoms in total. The summed E-state index contributed by atoms with van der Waals surface area (Å²) in [4.78, 5) is 0. The van der Waals surface area contributed by atoms with Crippen LogP contribution in [0.5, 0.6) is 0 Å². The molecule has 0 amide bonds. The normalized spacial score (nSPS) is 25.9. The molecule has 1 aromatic carbocycles. The van der Waals surface area contributed by atoms with Crippen LogP contribution in [-0.2, 0) is 11.2 Å². The van der Waals surface area contributed by atoms with Crippen molar-refractivity contribution in [3.8, 4) is 0 Å². The van der Waals surface area contributed by atoms with E-state index in [4.69, 9.17) is 4.74 Å². The standard InChI is InChI=1S/C16H25NO/c1-13-7-6-8-14(11-13)12-15(17-3)16(2)9-4-5-10-18-16/h6-8,11,15,17H,4-5,9-10,12H2,1-3H3. The van der Waals surface area contributed by atoms with Crippen LogP contribution in [0, 0.1) is 6.92 Å². The molecule has 1 saturated heterocycles. The highest BCUT2D eigenvalue weighted by Crippen LogP contribution is 2.29. The van der Waals surface area contributed by atoms with E-state index in [1.165, 1.54) is 24.0 Å². The lowest BCUT2D eigenvalue weighted by Gasteiger charge is -2.40. The molecule has 1 fully saturated rings. The van der Waals surface area contributed by atoms with Gasteiger partial charge in [0.25, 0.3) is 0 Å². The van der Waals surface area contributed by atoms with Crippen LogP contribution >= 0.6 is 0 Å². The van der Waals surface area contributed by atoms with E-state index in [1.807, 2.05) is 7.05 Å². The predicted octanol–water partition coefficient (Wildman–Crippen LogP) is 3.08. The molecule has 2 heteroatoms. The van der Waals surface area contributed by atoms with E-state index >= 15 is 0 Å². The van der Waals surface area contributed by atoms with Gasteiger partial charge in [0.15, 0.2) is 0 Å². The van der Waals surface area contributed by atoms with E-state index in [9.17, 15) is 0 Å². The van der Waals surface area contributed by atoms with Crippen LogP contribution in [0.4, 0.5) is 0 Å². The Balaban J connectivity index is 2.09. The molecule has 0 aliphatic carbocycles. The molecule has 100 valence electrons. The molecule has 1 heterocycles. The quantitative estimate of drug-likeness (QED) is 0.883. The van der Waals surface area contributed by atoms with Crippen molar-refractivity contribution < 1.29 is 4.74 Å². The fourth-order valence-electron chi connectivity index (χ4n) is 2.93. The topological polar surface area (TPSA) is 21.3 Å². The molecule has 2 atom stereocenters. The van der Waals surface area contributed by atoms with Crippen molar-refractivity contribution in [2.75, 3.05) is 13.7 Å². The number of aryl methyl sites for hydroxylation is 1. The molecular formula is C16H25NO. The lowest BCUT2D eigenvalue weighted by atomic mass is 9.84. The largest absolute Gasteiger partial charge is 0.374 e. The minimum atomic E-state index is -0.0171. The van der Waals surface area contributed by atoms with Gasteiger partial charge in [-0.1, -0.05) is 29.8 Å². The van der Waals surface area contributed by atoms with Crippen molar-refractivity contribution in [1.82, 2.24) is 5.32 Å². The second kappa shape index (κ2) is 5.85. The second-order valence-corrected chi connectivity index (χ2v) is 5.65. The SMILES string of the molecule is CNC(Cc1cccc(C)c1)C1(C)CCCCO1. The zero-order valence-corrected chi connectivity index (χ0v) is 11.8. The Morgan fingerprint density at radius 2 is 2.22 bits per heavy atom. The molecule has 1 aliphatic rings. The van der Waals surface area contributed by atoms with Crippen molar-refractivity contribution in [2.24, 2.45) is 0 Å². The molecule has 1 aliphatic heterocycles. The molecular weight excluding hydrogens is 222 g/mol. The van der Waals surface area contributed by atoms with E-state index in [1.54, 1.807) is 0 Å². The average molecular weight is 247 g/mol. The summed E-state index contributed by atoms with van der Waals surface area (Å²) >= 11 is 0. The maximum atomic E-state index is 6.06. The molecule has 1 aromatic rings. The number of benzene rings is 1. The average Bonchev–Trinajstić information content (AvgIpc) is 2.37. The van der Waals surface area contributed by atoms with Gasteiger partial charge in [-0.3, -0.25) is 0 Å². The summed E-state index contributed by atoms with van der Waals surface area (Å²) in [6.07, 6.45) is 4.68. The van der Waals surface area contributed by atoms with Crippen molar-refractivity contribution in [2.45, 2.75) is 51.2 Å². The summed E-state index contributed by atoms with van der Waals surface area (Å²) in [5.74, 6) is 0. The zero-order chi connectivity index (χ0) is 13.0. The van der Waals surface area contributed by atoms with Gasteiger partial charge in [0.1, 0.15) is 0 Å². The third-order valence-electron chi connectivity index (χ3n) is 4.11. The fraction of sp³-hybridized carbons (Fsp3) is 0.625. The molecule has 1 N–H and O–H groups in total. The number of likely N-dealkylation sites (N-methyl/N-ethyl adjacent to an activating group) is 1. The smallest absolute Gasteiger partial charge is 0.0809 e. The fourth-order valence-corrected chi connectivity index (χ4v) is 2.93. The summed E-state index contributed by atoms with van der Waals surface area (Å²) in [6, 6.07) is 9.16. The molecule has 18 heavy (non-hydrogen) atoms. The molecule has 0 bridgehead atoms. The minimum absolute atomic E-state index is 0.0171. The molecule has 0 aromatic heterocycles. The van der Waals surface area contributed by atoms with Crippen molar-refractivity contribution >= 4 is 0 Å². The van der Waals surface area contributed by atoms with Gasteiger partial charge < -0.3 is 10.1 Å². The van der Waals surface area contributed by atoms with Crippen molar-refractivity contribution in [3.63, 3.8) is 0 Å². The Labute approximate surface area is 111 Å². The van der Waals surface area contributed by atoms with E-state index in [2.05, 4.69) is 43.4 Å². The van der Waals surface area contributed by atoms with Crippen LogP contribution < -0.4 is 5.32 Å². The zero-order valence-electron chi connectivity index (χ0n) is 11.8. The first-order valence-electron chi connectivity index (χ1n) is 7.01. The summed E-state index contributed by atoms with van der Waals surface area (Å²) in [6.45, 7) is 5.31. The number of hydrogen-bond donors (Lipinski definition) is 1. The summed E-state index contributed by atoms with van der Waals surface area (Å²) in [5.41, 5.74) is 2.71. The summed E-state index contributed by atoms with van der Waals surface area (Å²) < 4.78 is 6.06. The molecule has 0 radical (unpaired) electrons. The van der Waals surface area contributed by atoms with E-state index in [0.717, 1.165) is 19.4 Å². The number of nitrogens with one attached hydrogen (secondary N) is 1. The summed E-state index contributed by atoms with van der Waals surface area (Å²) in [5, 5.41) is 3.46. The third kappa shape index (κ3) is 3.12. The van der Waals surface area contributed by atoms with Gasteiger partial charge in [-0.2, -0.15) is 0 Å². The van der Waals surface area contributed by atoms with Gasteiger partial charge in [-0.15, -0.1) is 0 Å². The Morgan fingerprint density at radius 1 is 1.39 bits per heavy atom. The van der Waals surface area contributed by atoms with Crippen LogP contribution in [0.3, 0.4) is 0 Å². The van der Waals surface area contributed by atoms with E-state index in [-0.39, 0.29) is 5.60 Å². The molecule has 2 rings (SSSR count). The molecule has 2 unspecified atom stereocenters. The van der Waals surface area contributed by atoms with Gasteiger partial charge >= 0.3 is 0 Å². The van der Waals surface area contributed by atoms with Crippen LogP contribution in [0.2, 0.25) is 0 Å². The number of rotatable bonds is 4. The lowest BCUT2D eigenvalue weighted by molar-refractivity contribution is -0.0870. The Hall–Kier alpha value is -0.860. The number of ether oxygens (including phenoxy) is 1. The van der Waals surface area contributed by atoms with Gasteiger partial charge in [-0.25, -0.2) is 0 Å². The van der Waals surface area contributed by atoms with Gasteiger partial charge in [0.05, 0.1) is 5.60 Å². The minimum Gasteiger partial charge on any atom is -0.374 e. The first-order valence-corrected chi connectivity index (χ1v) is 7.01. The second-order valence-electron chi connectivity index (χ2n) is 5.65. The predicted molar refractivity (Wildman–Crippen MR) is 75.9 cm³/mol. The lowest BCUT2D eigenvalue weighted by Crippen LogP contribution is -2.52. The Bertz CT molecular complexity index is 382. The van der Waals surface area contributed by atoms with Gasteiger partial charge in [0.2, 0.25) is 0 Å². The summed E-state index contributed by atoms with van der Waals surface area (Å²) in [7, 11) is 2.05. The highest BCUT2D eigenvalue weighted by atomic mass is 16.5. The van der Waals surface area contributed by atoms with Crippen LogP contribution in [0.15, 0.2) is 24.3 Å². The monoisotopic (exact) mass is 247 g/mol. The van der Waals surface area contributed by atoms with Crippen molar-refractivity contribution in [1.29, 1.82) is 0 Å². The van der Waals surface area contributed by atoms with Crippen LogP contribution in [0.1, 0.15) is 37.3 Å². The van der Waals surface area contributed by atoms with Crippen LogP contribution in [0.25, 0.3) is 0 Å². The first-order chi connectivity index (χ1) is 8.64. The van der Waals surface area contributed by atoms with Gasteiger partial charge in [-0.05, 0) is 52.1 Å². The highest BCUT2D eigenvalue weighted by molar-refractivity contribution is 5.23. The van der Waals surface area contributed by atoms with Gasteiger partial charge in [0, 0.05) is 12.6 Å². The Morgan fingerprint density at radius 3 is 2.83 bits per heavy atom. The molecule has 0 spiro atoms. The Kier molecular flexibility index (Phi) is 4.41. The van der Waals surface area contributed by atoms with E-state index in [0.29, 0.717) is 6.04 Å². The highest BCUT2D eigenvalue weighted by Gasteiger charge is 2.35.